The van der Waals surface area contributed by atoms with Gasteiger partial charge in [0.25, 0.3) is 5.91 Å². The highest BCUT2D eigenvalue weighted by Crippen LogP contribution is 2.36. The molecule has 1 saturated carbocycles. The molecule has 6 N–H and O–H groups in total. The lowest BCUT2D eigenvalue weighted by molar-refractivity contribution is 0.0998. The van der Waals surface area contributed by atoms with E-state index in [1.165, 1.54) is 6.20 Å². The fourth-order valence-corrected chi connectivity index (χ4v) is 4.10. The van der Waals surface area contributed by atoms with E-state index in [1.807, 2.05) is 0 Å². The topological polar surface area (TPSA) is 127 Å². The Hall–Kier alpha value is -3.50. The highest BCUT2D eigenvalue weighted by atomic mass is 19.1. The summed E-state index contributed by atoms with van der Waals surface area (Å²) in [5.74, 6) is -3.93. The van der Waals surface area contributed by atoms with Crippen LogP contribution in [0.1, 0.15) is 42.7 Å². The molecule has 0 bridgehead atoms. The van der Waals surface area contributed by atoms with Gasteiger partial charge in [-0.3, -0.25) is 9.78 Å². The van der Waals surface area contributed by atoms with Crippen LogP contribution >= 0.6 is 0 Å². The number of aliphatic hydroxyl groups is 1. The second-order valence-electron chi connectivity index (χ2n) is 8.01. The number of nitrogens with one attached hydrogen (secondary N) is 1. The van der Waals surface area contributed by atoms with Crippen LogP contribution in [0.25, 0.3) is 11.3 Å². The summed E-state index contributed by atoms with van der Waals surface area (Å²) in [4.78, 5) is 20.9. The average molecular weight is 459 g/mol. The van der Waals surface area contributed by atoms with Crippen molar-refractivity contribution in [2.45, 2.75) is 37.3 Å². The maximum Gasteiger partial charge on any atom is 0.276 e. The molecule has 3 aromatic rings. The van der Waals surface area contributed by atoms with Crippen molar-refractivity contribution in [3.63, 3.8) is 0 Å². The van der Waals surface area contributed by atoms with Crippen LogP contribution in [0.5, 0.6) is 0 Å². The van der Waals surface area contributed by atoms with E-state index in [1.54, 1.807) is 12.3 Å². The van der Waals surface area contributed by atoms with Crippen LogP contribution in [0.15, 0.2) is 42.7 Å². The lowest BCUT2D eigenvalue weighted by Gasteiger charge is -2.32. The minimum absolute atomic E-state index is 0. The molecule has 7 nitrogen and oxygen atoms in total. The monoisotopic (exact) mass is 459 g/mol. The van der Waals surface area contributed by atoms with Gasteiger partial charge in [-0.25, -0.2) is 18.2 Å². The van der Waals surface area contributed by atoms with E-state index in [4.69, 9.17) is 11.5 Å². The third kappa shape index (κ3) is 4.53. The van der Waals surface area contributed by atoms with Gasteiger partial charge in [-0.15, -0.1) is 0 Å². The van der Waals surface area contributed by atoms with Crippen molar-refractivity contribution in [1.29, 1.82) is 0 Å². The fraction of sp³-hybridized carbons (Fsp3) is 0.261. The third-order valence-electron chi connectivity index (χ3n) is 5.82. The summed E-state index contributed by atoms with van der Waals surface area (Å²) < 4.78 is 42.9. The number of aromatic nitrogens is 2. The Morgan fingerprint density at radius 1 is 1.15 bits per heavy atom. The smallest absolute Gasteiger partial charge is 0.276 e. The maximum absolute atomic E-state index is 14.5. The number of carbonyl (C=O) groups is 1. The molecule has 10 heteroatoms. The van der Waals surface area contributed by atoms with Crippen LogP contribution in [-0.2, 0) is 0 Å². The zero-order chi connectivity index (χ0) is 23.7. The van der Waals surface area contributed by atoms with E-state index < -0.39 is 46.8 Å². The molecule has 1 fully saturated rings. The summed E-state index contributed by atoms with van der Waals surface area (Å²) in [6.45, 7) is 0. The van der Waals surface area contributed by atoms with Gasteiger partial charge in [-0.1, -0.05) is 6.07 Å². The zero-order valence-corrected chi connectivity index (χ0v) is 17.4. The molecule has 1 amide bonds. The Bertz CT molecular complexity index is 1190. The molecule has 0 aliphatic heterocycles. The number of amides is 1. The van der Waals surface area contributed by atoms with Crippen LogP contribution in [-0.4, -0.2) is 33.1 Å². The van der Waals surface area contributed by atoms with Crippen molar-refractivity contribution in [2.24, 2.45) is 5.73 Å². The van der Waals surface area contributed by atoms with Crippen molar-refractivity contribution in [3.05, 3.63) is 71.4 Å². The Balaban J connectivity index is 0.00000324. The van der Waals surface area contributed by atoms with E-state index in [2.05, 4.69) is 15.3 Å². The molecule has 0 spiro atoms. The molecule has 174 valence electrons. The van der Waals surface area contributed by atoms with Gasteiger partial charge < -0.3 is 21.9 Å². The van der Waals surface area contributed by atoms with Gasteiger partial charge in [0.05, 0.1) is 29.2 Å². The molecule has 3 atom stereocenters. The molecule has 1 aromatic carbocycles. The minimum Gasteiger partial charge on any atom is -0.397 e. The number of nitrogens with two attached hydrogens (primary N) is 2. The number of nitrogen functional groups attached to an aromatic ring is 1. The van der Waals surface area contributed by atoms with Gasteiger partial charge in [-0.2, -0.15) is 0 Å². The fourth-order valence-electron chi connectivity index (χ4n) is 4.10. The Morgan fingerprint density at radius 2 is 1.88 bits per heavy atom. The first-order chi connectivity index (χ1) is 15.8. The second-order valence-corrected chi connectivity index (χ2v) is 8.01. The number of aliphatic hydroxyl groups excluding tert-OH is 1. The van der Waals surface area contributed by atoms with Crippen molar-refractivity contribution < 1.29 is 24.5 Å². The molecule has 0 radical (unpaired) electrons. The van der Waals surface area contributed by atoms with Crippen LogP contribution in [0, 0.1) is 17.5 Å². The van der Waals surface area contributed by atoms with Crippen LogP contribution in [0.3, 0.4) is 0 Å². The van der Waals surface area contributed by atoms with E-state index in [0.717, 1.165) is 29.8 Å². The van der Waals surface area contributed by atoms with E-state index >= 15 is 0 Å². The van der Waals surface area contributed by atoms with Crippen molar-refractivity contribution >= 4 is 17.3 Å². The second kappa shape index (κ2) is 9.16. The van der Waals surface area contributed by atoms with Gasteiger partial charge in [0.2, 0.25) is 0 Å². The first-order valence-corrected chi connectivity index (χ1v) is 10.4. The van der Waals surface area contributed by atoms with Gasteiger partial charge in [0.1, 0.15) is 17.3 Å². The molecular formula is C23H24F3N5O2. The largest absolute Gasteiger partial charge is 0.397 e. The predicted molar refractivity (Wildman–Crippen MR) is 119 cm³/mol. The number of halogens is 3. The van der Waals surface area contributed by atoms with Crippen molar-refractivity contribution in [1.82, 2.24) is 9.97 Å². The standard InChI is InChI=1S/C23H22F3N5O2.H2/c24-13-2-1-3-14(25)20(13)21-15(26)9-17(28)22(31-21)23(33)30-18-10-29-7-6-12(18)11-4-5-19(32)16(27)8-11;/h1-3,6-7,9-11,16,19,32H,4-5,8,27-28H2,(H,30,33);1H/t11-,16-,19+;/m1./s1. The molecule has 0 saturated heterocycles. The van der Waals surface area contributed by atoms with Crippen molar-refractivity contribution in [3.8, 4) is 11.3 Å². The Kier molecular flexibility index (Phi) is 6.30. The molecule has 33 heavy (non-hydrogen) atoms. The SMILES string of the molecule is Nc1cc(F)c(-c2c(F)cccc2F)nc1C(=O)Nc1cnccc1[C@@H]1CC[C@H](O)[C@H](N)C1.[HH]. The lowest BCUT2D eigenvalue weighted by Crippen LogP contribution is -2.39. The number of hydrogen-bond acceptors (Lipinski definition) is 6. The molecule has 1 aliphatic carbocycles. The Morgan fingerprint density at radius 3 is 2.58 bits per heavy atom. The summed E-state index contributed by atoms with van der Waals surface area (Å²) >= 11 is 0. The van der Waals surface area contributed by atoms with Gasteiger partial charge in [0, 0.05) is 19.7 Å². The number of rotatable bonds is 4. The van der Waals surface area contributed by atoms with Gasteiger partial charge >= 0.3 is 0 Å². The highest BCUT2D eigenvalue weighted by Gasteiger charge is 2.29. The number of pyridine rings is 2. The summed E-state index contributed by atoms with van der Waals surface area (Å²) in [5, 5.41) is 12.6. The normalized spacial score (nSPS) is 20.5. The quantitative estimate of drug-likeness (QED) is 0.472. The van der Waals surface area contributed by atoms with E-state index in [9.17, 15) is 23.1 Å². The number of nitrogens with zero attached hydrogens (tertiary/aromatic N) is 2. The summed E-state index contributed by atoms with van der Waals surface area (Å²) in [5.41, 5.74) is 10.9. The Labute approximate surface area is 189 Å². The predicted octanol–water partition coefficient (Wildman–Crippen LogP) is 3.60. The maximum atomic E-state index is 14.5. The first-order valence-electron chi connectivity index (χ1n) is 10.4. The number of anilines is 2. The van der Waals surface area contributed by atoms with E-state index in [-0.39, 0.29) is 18.7 Å². The van der Waals surface area contributed by atoms with Crippen LogP contribution < -0.4 is 16.8 Å². The van der Waals surface area contributed by atoms with Crippen LogP contribution in [0.2, 0.25) is 0 Å². The summed E-state index contributed by atoms with van der Waals surface area (Å²) in [6, 6.07) is 5.21. The molecule has 4 rings (SSSR count). The van der Waals surface area contributed by atoms with Gasteiger partial charge in [0.15, 0.2) is 11.5 Å². The molecule has 0 unspecified atom stereocenters. The first kappa shape index (κ1) is 22.7. The van der Waals surface area contributed by atoms with Crippen molar-refractivity contribution in [2.75, 3.05) is 11.1 Å². The number of hydrogen-bond donors (Lipinski definition) is 4. The molecule has 2 aromatic heterocycles. The highest BCUT2D eigenvalue weighted by molar-refractivity contribution is 6.06. The minimum atomic E-state index is -1.06. The number of carbonyl (C=O) groups excluding carboxylic acids is 1. The molecule has 2 heterocycles. The lowest BCUT2D eigenvalue weighted by atomic mass is 9.80. The third-order valence-corrected chi connectivity index (χ3v) is 5.82. The average Bonchev–Trinajstić information content (AvgIpc) is 2.77. The summed E-state index contributed by atoms with van der Waals surface area (Å²) in [6.07, 6.45) is 4.14. The van der Waals surface area contributed by atoms with E-state index in [0.29, 0.717) is 24.9 Å². The molecular weight excluding hydrogens is 435 g/mol. The molecule has 1 aliphatic rings. The van der Waals surface area contributed by atoms with Crippen LogP contribution in [0.4, 0.5) is 24.5 Å². The summed E-state index contributed by atoms with van der Waals surface area (Å²) in [7, 11) is 0. The number of benzene rings is 1. The van der Waals surface area contributed by atoms with Gasteiger partial charge in [-0.05, 0) is 48.9 Å². The zero-order valence-electron chi connectivity index (χ0n) is 17.4.